The van der Waals surface area contributed by atoms with Crippen LogP contribution in [0.1, 0.15) is 23.6 Å². The molecule has 0 unspecified atom stereocenters. The second-order valence-electron chi connectivity index (χ2n) is 4.47. The van der Waals surface area contributed by atoms with Crippen LogP contribution >= 0.6 is 0 Å². The van der Waals surface area contributed by atoms with Crippen molar-refractivity contribution in [1.82, 2.24) is 0 Å². The van der Waals surface area contributed by atoms with Gasteiger partial charge in [0.05, 0.1) is 0 Å². The molecule has 2 aromatic carbocycles. The molecule has 0 nitrogen and oxygen atoms in total. The van der Waals surface area contributed by atoms with Crippen molar-refractivity contribution in [2.75, 3.05) is 0 Å². The third kappa shape index (κ3) is 3.82. The van der Waals surface area contributed by atoms with Crippen molar-refractivity contribution >= 4 is 18.2 Å². The molecule has 0 aromatic heterocycles. The molecule has 2 rings (SSSR count). The maximum atomic E-state index is 3.84. The summed E-state index contributed by atoms with van der Waals surface area (Å²) in [6.45, 7) is 5.95. The molecule has 0 N–H and O–H groups in total. The van der Waals surface area contributed by atoms with E-state index in [9.17, 15) is 0 Å². The first-order valence-electron chi connectivity index (χ1n) is 6.42. The molecule has 0 radical (unpaired) electrons. The monoisotopic (exact) mass is 246 g/mol. The van der Waals surface area contributed by atoms with Gasteiger partial charge in [0, 0.05) is 0 Å². The highest BCUT2D eigenvalue weighted by atomic mass is 14.0. The van der Waals surface area contributed by atoms with Crippen molar-refractivity contribution in [3.05, 3.63) is 89.5 Å². The highest BCUT2D eigenvalue weighted by Gasteiger charge is 1.93. The Labute approximate surface area is 115 Å². The van der Waals surface area contributed by atoms with Gasteiger partial charge in [-0.25, -0.2) is 0 Å². The standard InChI is InChI=1S/C19H18/c1-3-18-11-7-8-12-19(18)14-13-16(2)15-17-9-5-4-6-10-17/h3-15H,1H2,2H3/b14-13?,16-15+. The highest BCUT2D eigenvalue weighted by Crippen LogP contribution is 2.14. The third-order valence-electron chi connectivity index (χ3n) is 2.94. The van der Waals surface area contributed by atoms with Crippen molar-refractivity contribution in [1.29, 1.82) is 0 Å². The summed E-state index contributed by atoms with van der Waals surface area (Å²) in [7, 11) is 0. The van der Waals surface area contributed by atoms with Crippen LogP contribution < -0.4 is 0 Å². The fourth-order valence-corrected chi connectivity index (χ4v) is 1.93. The van der Waals surface area contributed by atoms with Crippen LogP contribution in [-0.2, 0) is 0 Å². The molecule has 0 bridgehead atoms. The van der Waals surface area contributed by atoms with Crippen LogP contribution in [-0.4, -0.2) is 0 Å². The van der Waals surface area contributed by atoms with Gasteiger partial charge in [0.2, 0.25) is 0 Å². The second-order valence-corrected chi connectivity index (χ2v) is 4.47. The van der Waals surface area contributed by atoms with E-state index in [2.05, 4.69) is 68.1 Å². The van der Waals surface area contributed by atoms with E-state index in [0.717, 1.165) is 5.56 Å². The number of hydrogen-bond acceptors (Lipinski definition) is 0. The SMILES string of the molecule is C=Cc1ccccc1C=C/C(C)=C/c1ccccc1. The lowest BCUT2D eigenvalue weighted by Crippen LogP contribution is -1.79. The average Bonchev–Trinajstić information content (AvgIpc) is 2.46. The first-order chi connectivity index (χ1) is 9.29. The smallest absolute Gasteiger partial charge is 0.0184 e. The van der Waals surface area contributed by atoms with Crippen molar-refractivity contribution in [3.8, 4) is 0 Å². The molecule has 0 saturated carbocycles. The lowest BCUT2D eigenvalue weighted by Gasteiger charge is -2.00. The van der Waals surface area contributed by atoms with E-state index in [1.54, 1.807) is 0 Å². The molecule has 0 amide bonds. The van der Waals surface area contributed by atoms with Gasteiger partial charge in [0.1, 0.15) is 0 Å². The van der Waals surface area contributed by atoms with Gasteiger partial charge in [-0.15, -0.1) is 0 Å². The Bertz CT molecular complexity index is 601. The maximum Gasteiger partial charge on any atom is -0.0184 e. The summed E-state index contributed by atoms with van der Waals surface area (Å²) in [6, 6.07) is 18.6. The molecular formula is C19H18. The predicted octanol–water partition coefficient (Wildman–Crippen LogP) is 5.45. The zero-order chi connectivity index (χ0) is 13.5. The van der Waals surface area contributed by atoms with Crippen LogP contribution in [0.5, 0.6) is 0 Å². The van der Waals surface area contributed by atoms with Crippen molar-refractivity contribution in [3.63, 3.8) is 0 Å². The fourth-order valence-electron chi connectivity index (χ4n) is 1.93. The molecule has 0 aliphatic heterocycles. The minimum absolute atomic E-state index is 1.16. The second kappa shape index (κ2) is 6.55. The van der Waals surface area contributed by atoms with E-state index in [0.29, 0.717) is 0 Å². The summed E-state index contributed by atoms with van der Waals surface area (Å²) in [5.41, 5.74) is 4.80. The number of rotatable bonds is 4. The molecule has 0 aliphatic rings. The van der Waals surface area contributed by atoms with E-state index in [-0.39, 0.29) is 0 Å². The van der Waals surface area contributed by atoms with Crippen LogP contribution in [0.15, 0.2) is 72.8 Å². The van der Waals surface area contributed by atoms with Gasteiger partial charge in [-0.05, 0) is 23.6 Å². The van der Waals surface area contributed by atoms with Gasteiger partial charge in [-0.1, -0.05) is 91.1 Å². The molecule has 0 spiro atoms. The Balaban J connectivity index is 2.18. The molecular weight excluding hydrogens is 228 g/mol. The van der Waals surface area contributed by atoms with E-state index in [1.165, 1.54) is 16.7 Å². The van der Waals surface area contributed by atoms with Gasteiger partial charge >= 0.3 is 0 Å². The number of hydrogen-bond donors (Lipinski definition) is 0. The van der Waals surface area contributed by atoms with Crippen molar-refractivity contribution in [2.45, 2.75) is 6.92 Å². The third-order valence-corrected chi connectivity index (χ3v) is 2.94. The lowest BCUT2D eigenvalue weighted by atomic mass is 10.1. The largest absolute Gasteiger partial charge is 0.0984 e. The zero-order valence-corrected chi connectivity index (χ0v) is 11.2. The fraction of sp³-hybridized carbons (Fsp3) is 0.0526. The molecule has 2 aromatic rings. The Hall–Kier alpha value is -2.34. The minimum atomic E-state index is 1.16. The summed E-state index contributed by atoms with van der Waals surface area (Å²) in [5, 5.41) is 0. The molecule has 0 aliphatic carbocycles. The zero-order valence-electron chi connectivity index (χ0n) is 11.2. The summed E-state index contributed by atoms with van der Waals surface area (Å²) in [4.78, 5) is 0. The number of allylic oxidation sites excluding steroid dienone is 2. The molecule has 0 heterocycles. The van der Waals surface area contributed by atoms with Crippen LogP contribution in [0, 0.1) is 0 Å². The van der Waals surface area contributed by atoms with Crippen LogP contribution in [0.3, 0.4) is 0 Å². The summed E-state index contributed by atoms with van der Waals surface area (Å²) in [5.74, 6) is 0. The summed E-state index contributed by atoms with van der Waals surface area (Å²) < 4.78 is 0. The lowest BCUT2D eigenvalue weighted by molar-refractivity contribution is 1.54. The van der Waals surface area contributed by atoms with E-state index < -0.39 is 0 Å². The van der Waals surface area contributed by atoms with Gasteiger partial charge in [0.25, 0.3) is 0 Å². The van der Waals surface area contributed by atoms with E-state index in [1.807, 2.05) is 24.3 Å². The first kappa shape index (κ1) is 13.1. The van der Waals surface area contributed by atoms with Crippen molar-refractivity contribution < 1.29 is 0 Å². The van der Waals surface area contributed by atoms with Crippen LogP contribution in [0.4, 0.5) is 0 Å². The van der Waals surface area contributed by atoms with Crippen molar-refractivity contribution in [2.24, 2.45) is 0 Å². The van der Waals surface area contributed by atoms with Gasteiger partial charge in [0.15, 0.2) is 0 Å². The predicted molar refractivity (Wildman–Crippen MR) is 85.7 cm³/mol. The Morgan fingerprint density at radius 1 is 0.895 bits per heavy atom. The summed E-state index contributed by atoms with van der Waals surface area (Å²) >= 11 is 0. The Morgan fingerprint density at radius 3 is 2.21 bits per heavy atom. The van der Waals surface area contributed by atoms with Crippen LogP contribution in [0.2, 0.25) is 0 Å². The average molecular weight is 246 g/mol. The summed E-state index contributed by atoms with van der Waals surface area (Å²) in [6.07, 6.45) is 8.32. The minimum Gasteiger partial charge on any atom is -0.0984 e. The molecule has 0 heteroatoms. The van der Waals surface area contributed by atoms with Crippen LogP contribution in [0.25, 0.3) is 18.2 Å². The molecule has 19 heavy (non-hydrogen) atoms. The molecule has 0 fully saturated rings. The Morgan fingerprint density at radius 2 is 1.53 bits per heavy atom. The normalized spacial score (nSPS) is 11.7. The quantitative estimate of drug-likeness (QED) is 0.629. The van der Waals surface area contributed by atoms with Gasteiger partial charge in [-0.2, -0.15) is 0 Å². The Kier molecular flexibility index (Phi) is 4.52. The first-order valence-corrected chi connectivity index (χ1v) is 6.42. The topological polar surface area (TPSA) is 0 Å². The maximum absolute atomic E-state index is 3.84. The highest BCUT2D eigenvalue weighted by molar-refractivity contribution is 5.67. The van der Waals surface area contributed by atoms with Gasteiger partial charge in [-0.3, -0.25) is 0 Å². The van der Waals surface area contributed by atoms with E-state index >= 15 is 0 Å². The molecule has 0 saturated heterocycles. The van der Waals surface area contributed by atoms with Gasteiger partial charge < -0.3 is 0 Å². The number of benzene rings is 2. The molecule has 94 valence electrons. The van der Waals surface area contributed by atoms with E-state index in [4.69, 9.17) is 0 Å². The molecule has 0 atom stereocenters.